The second kappa shape index (κ2) is 2.89. The van der Waals surface area contributed by atoms with Gasteiger partial charge in [-0.1, -0.05) is 0 Å². The molecular weight excluding hydrogens is 160 g/mol. The molecule has 12 heavy (non-hydrogen) atoms. The number of rotatable bonds is 1. The van der Waals surface area contributed by atoms with E-state index in [0.717, 1.165) is 0 Å². The molecule has 0 aromatic carbocycles. The highest BCUT2D eigenvalue weighted by Gasteiger charge is 2.12. The summed E-state index contributed by atoms with van der Waals surface area (Å²) in [5.74, 6) is -0.00815. The Balaban J connectivity index is 3.50. The van der Waals surface area contributed by atoms with Gasteiger partial charge in [0.2, 0.25) is 0 Å². The topological polar surface area (TPSA) is 59.7 Å². The van der Waals surface area contributed by atoms with Gasteiger partial charge >= 0.3 is 5.63 Å². The van der Waals surface area contributed by atoms with Gasteiger partial charge in [-0.25, -0.2) is 4.79 Å². The van der Waals surface area contributed by atoms with E-state index < -0.39 is 5.63 Å². The average molecular weight is 170 g/mol. The Labute approximate surface area is 69.4 Å². The number of hydrogen-bond acceptors (Lipinski definition) is 4. The van der Waals surface area contributed by atoms with Crippen molar-refractivity contribution >= 4 is 0 Å². The van der Waals surface area contributed by atoms with Gasteiger partial charge in [0.05, 0.1) is 18.2 Å². The SMILES string of the molecule is COc1oc(=O)c(C)c(O)c1C. The van der Waals surface area contributed by atoms with Crippen molar-refractivity contribution in [1.82, 2.24) is 0 Å². The van der Waals surface area contributed by atoms with Crippen LogP contribution in [0.15, 0.2) is 9.21 Å². The summed E-state index contributed by atoms with van der Waals surface area (Å²) < 4.78 is 9.47. The third-order valence-corrected chi connectivity index (χ3v) is 1.69. The first kappa shape index (κ1) is 8.64. The van der Waals surface area contributed by atoms with E-state index in [1.54, 1.807) is 6.92 Å². The molecule has 0 amide bonds. The molecule has 0 unspecified atom stereocenters. The Kier molecular flexibility index (Phi) is 2.08. The van der Waals surface area contributed by atoms with Gasteiger partial charge in [-0.3, -0.25) is 0 Å². The standard InChI is InChI=1S/C8H10O4/c1-4-6(9)5(2)8(11-3)12-7(4)10/h9H,1-3H3. The highest BCUT2D eigenvalue weighted by molar-refractivity contribution is 5.40. The Hall–Kier alpha value is -1.45. The van der Waals surface area contributed by atoms with Crippen LogP contribution < -0.4 is 10.4 Å². The van der Waals surface area contributed by atoms with E-state index in [1.807, 2.05) is 0 Å². The second-order valence-corrected chi connectivity index (χ2v) is 2.48. The molecule has 4 nitrogen and oxygen atoms in total. The summed E-state index contributed by atoms with van der Waals surface area (Å²) in [6.07, 6.45) is 0. The normalized spacial score (nSPS) is 9.92. The molecule has 4 heteroatoms. The van der Waals surface area contributed by atoms with E-state index in [9.17, 15) is 9.90 Å². The fraction of sp³-hybridized carbons (Fsp3) is 0.375. The lowest BCUT2D eigenvalue weighted by molar-refractivity contribution is 0.275. The third-order valence-electron chi connectivity index (χ3n) is 1.69. The van der Waals surface area contributed by atoms with Crippen LogP contribution in [0.2, 0.25) is 0 Å². The van der Waals surface area contributed by atoms with Crippen molar-refractivity contribution in [3.63, 3.8) is 0 Å². The number of hydrogen-bond donors (Lipinski definition) is 1. The van der Waals surface area contributed by atoms with Crippen molar-refractivity contribution in [1.29, 1.82) is 0 Å². The molecule has 1 N–H and O–H groups in total. The monoisotopic (exact) mass is 170 g/mol. The maximum absolute atomic E-state index is 11.0. The van der Waals surface area contributed by atoms with Crippen molar-refractivity contribution in [2.45, 2.75) is 13.8 Å². The Morgan fingerprint density at radius 2 is 1.92 bits per heavy atom. The van der Waals surface area contributed by atoms with Gasteiger partial charge in [-0.2, -0.15) is 0 Å². The van der Waals surface area contributed by atoms with Crippen LogP contribution in [0.5, 0.6) is 11.7 Å². The highest BCUT2D eigenvalue weighted by Crippen LogP contribution is 2.26. The van der Waals surface area contributed by atoms with Crippen molar-refractivity contribution in [3.05, 3.63) is 21.5 Å². The fourth-order valence-electron chi connectivity index (χ4n) is 0.907. The molecule has 0 saturated heterocycles. The first-order valence-electron chi connectivity index (χ1n) is 3.45. The molecule has 0 aliphatic rings. The predicted octanol–water partition coefficient (Wildman–Crippen LogP) is 0.971. The molecule has 0 fully saturated rings. The molecular formula is C8H10O4. The Morgan fingerprint density at radius 1 is 1.33 bits per heavy atom. The minimum Gasteiger partial charge on any atom is -0.507 e. The number of methoxy groups -OCH3 is 1. The lowest BCUT2D eigenvalue weighted by Gasteiger charge is -2.04. The first-order chi connectivity index (χ1) is 5.57. The largest absolute Gasteiger partial charge is 0.507 e. The molecule has 1 aromatic heterocycles. The van der Waals surface area contributed by atoms with Crippen molar-refractivity contribution in [2.75, 3.05) is 7.11 Å². The summed E-state index contributed by atoms with van der Waals surface area (Å²) in [6, 6.07) is 0. The zero-order chi connectivity index (χ0) is 9.30. The van der Waals surface area contributed by atoms with E-state index in [1.165, 1.54) is 14.0 Å². The molecule has 0 aliphatic heterocycles. The fourth-order valence-corrected chi connectivity index (χ4v) is 0.907. The number of ether oxygens (including phenoxy) is 1. The van der Waals surface area contributed by atoms with Crippen LogP contribution in [0.4, 0.5) is 0 Å². The van der Waals surface area contributed by atoms with E-state index in [4.69, 9.17) is 9.15 Å². The maximum Gasteiger partial charge on any atom is 0.345 e. The minimum atomic E-state index is -0.574. The molecule has 0 radical (unpaired) electrons. The lowest BCUT2D eigenvalue weighted by Crippen LogP contribution is -2.05. The molecule has 1 rings (SSSR count). The van der Waals surface area contributed by atoms with Crippen LogP contribution in [-0.4, -0.2) is 12.2 Å². The molecule has 1 heterocycles. The predicted molar refractivity (Wildman–Crippen MR) is 42.7 cm³/mol. The van der Waals surface area contributed by atoms with Crippen LogP contribution in [0.3, 0.4) is 0 Å². The smallest absolute Gasteiger partial charge is 0.345 e. The van der Waals surface area contributed by atoms with E-state index in [2.05, 4.69) is 0 Å². The van der Waals surface area contributed by atoms with E-state index >= 15 is 0 Å². The lowest BCUT2D eigenvalue weighted by atomic mass is 10.2. The summed E-state index contributed by atoms with van der Waals surface area (Å²) in [5, 5.41) is 9.36. The maximum atomic E-state index is 11.0. The van der Waals surface area contributed by atoms with Gasteiger partial charge in [0.25, 0.3) is 5.95 Å². The van der Waals surface area contributed by atoms with Crippen LogP contribution in [0.1, 0.15) is 11.1 Å². The molecule has 0 atom stereocenters. The van der Waals surface area contributed by atoms with Crippen molar-refractivity contribution < 1.29 is 14.3 Å². The third kappa shape index (κ3) is 1.15. The zero-order valence-electron chi connectivity index (χ0n) is 7.17. The molecule has 0 aliphatic carbocycles. The second-order valence-electron chi connectivity index (χ2n) is 2.48. The van der Waals surface area contributed by atoms with Crippen molar-refractivity contribution in [2.24, 2.45) is 0 Å². The summed E-state index contributed by atoms with van der Waals surface area (Å²) >= 11 is 0. The quantitative estimate of drug-likeness (QED) is 0.682. The van der Waals surface area contributed by atoms with Gasteiger partial charge in [0.1, 0.15) is 5.75 Å². The van der Waals surface area contributed by atoms with Crippen LogP contribution in [-0.2, 0) is 0 Å². The summed E-state index contributed by atoms with van der Waals surface area (Å²) in [4.78, 5) is 11.0. The van der Waals surface area contributed by atoms with Gasteiger partial charge in [0.15, 0.2) is 0 Å². The first-order valence-corrected chi connectivity index (χ1v) is 3.45. The van der Waals surface area contributed by atoms with Crippen molar-refractivity contribution in [3.8, 4) is 11.7 Å². The summed E-state index contributed by atoms with van der Waals surface area (Å²) in [7, 11) is 1.38. The molecule has 66 valence electrons. The zero-order valence-corrected chi connectivity index (χ0v) is 7.17. The molecule has 0 spiro atoms. The highest BCUT2D eigenvalue weighted by atomic mass is 16.6. The summed E-state index contributed by atoms with van der Waals surface area (Å²) in [5.41, 5.74) is 0.0675. The summed E-state index contributed by atoms with van der Waals surface area (Å²) in [6.45, 7) is 3.11. The Bertz CT molecular complexity index is 351. The van der Waals surface area contributed by atoms with Crippen LogP contribution in [0, 0.1) is 13.8 Å². The molecule has 0 bridgehead atoms. The average Bonchev–Trinajstić information content (AvgIpc) is 2.08. The minimum absolute atomic E-state index is 0.0584. The molecule has 0 saturated carbocycles. The van der Waals surface area contributed by atoms with Gasteiger partial charge < -0.3 is 14.3 Å². The Morgan fingerprint density at radius 3 is 2.42 bits per heavy atom. The van der Waals surface area contributed by atoms with Gasteiger partial charge in [-0.15, -0.1) is 0 Å². The number of aromatic hydroxyl groups is 1. The van der Waals surface area contributed by atoms with Crippen LogP contribution >= 0.6 is 0 Å². The van der Waals surface area contributed by atoms with Gasteiger partial charge in [-0.05, 0) is 13.8 Å². The molecule has 1 aromatic rings. The van der Waals surface area contributed by atoms with E-state index in [0.29, 0.717) is 5.56 Å². The van der Waals surface area contributed by atoms with Gasteiger partial charge in [0, 0.05) is 0 Å². The van der Waals surface area contributed by atoms with Crippen LogP contribution in [0.25, 0.3) is 0 Å². The van der Waals surface area contributed by atoms with E-state index in [-0.39, 0.29) is 17.3 Å².